The van der Waals surface area contributed by atoms with E-state index in [0.717, 1.165) is 11.1 Å². The summed E-state index contributed by atoms with van der Waals surface area (Å²) in [4.78, 5) is 0. The van der Waals surface area contributed by atoms with Crippen LogP contribution in [0.25, 0.3) is 5.70 Å². The van der Waals surface area contributed by atoms with Gasteiger partial charge in [0.05, 0.1) is 12.3 Å². The van der Waals surface area contributed by atoms with Crippen LogP contribution in [0.1, 0.15) is 18.1 Å². The first-order valence-corrected chi connectivity index (χ1v) is 5.46. The molecule has 1 aliphatic heterocycles. The Kier molecular flexibility index (Phi) is 3.23. The van der Waals surface area contributed by atoms with Crippen molar-refractivity contribution in [2.24, 2.45) is 10.2 Å². The van der Waals surface area contributed by atoms with E-state index in [1.54, 1.807) is 13.0 Å². The molecule has 0 aromatic heterocycles. The number of allylic oxidation sites excluding steroid dienone is 1. The smallest absolute Gasteiger partial charge is 0.358 e. The van der Waals surface area contributed by atoms with Gasteiger partial charge < -0.3 is 4.74 Å². The summed E-state index contributed by atoms with van der Waals surface area (Å²) in [7, 11) is 0. The van der Waals surface area contributed by atoms with Crippen molar-refractivity contribution in [3.8, 4) is 0 Å². The lowest BCUT2D eigenvalue weighted by atomic mass is 10.1. The molecule has 4 heteroatoms. The van der Waals surface area contributed by atoms with Gasteiger partial charge in [-0.15, -0.1) is 10.2 Å². The Balaban J connectivity index is 2.33. The maximum Gasteiger partial charge on any atom is 0.358 e. The summed E-state index contributed by atoms with van der Waals surface area (Å²) in [5.41, 5.74) is 3.04. The minimum absolute atomic E-state index is 0.255. The summed E-state index contributed by atoms with van der Waals surface area (Å²) in [6.07, 6.45) is 1.65. The molecule has 0 saturated carbocycles. The number of ether oxygens (including phenoxy) is 1. The maximum atomic E-state index is 11.4. The van der Waals surface area contributed by atoms with Gasteiger partial charge in [-0.3, -0.25) is 0 Å². The van der Waals surface area contributed by atoms with E-state index in [2.05, 4.69) is 10.2 Å². The van der Waals surface area contributed by atoms with Crippen molar-refractivity contribution in [3.05, 3.63) is 53.1 Å². The first-order valence-electron chi connectivity index (χ1n) is 5.46. The Morgan fingerprint density at radius 2 is 2.06 bits per heavy atom. The fourth-order valence-corrected chi connectivity index (χ4v) is 1.59. The number of benzene rings is 1. The van der Waals surface area contributed by atoms with Gasteiger partial charge >= 0.3 is 5.95 Å². The Labute approximate surface area is 100.0 Å². The zero-order valence-corrected chi connectivity index (χ0v) is 9.80. The molecule has 17 heavy (non-hydrogen) atoms. The number of hydrogen-bond acceptors (Lipinski definition) is 3. The van der Waals surface area contributed by atoms with Gasteiger partial charge in [-0.2, -0.15) is 0 Å². The van der Waals surface area contributed by atoms with Gasteiger partial charge in [-0.25, -0.2) is 5.11 Å². The van der Waals surface area contributed by atoms with Crippen molar-refractivity contribution in [2.75, 3.05) is 6.61 Å². The zero-order chi connectivity index (χ0) is 12.3. The monoisotopic (exact) mass is 229 g/mol. The normalized spacial score (nSPS) is 16.9. The molecule has 0 amide bonds. The van der Waals surface area contributed by atoms with Crippen LogP contribution in [-0.4, -0.2) is 6.61 Å². The molecule has 1 aromatic carbocycles. The third-order valence-electron chi connectivity index (χ3n) is 2.44. The highest BCUT2D eigenvalue weighted by atomic mass is 16.6. The first kappa shape index (κ1) is 11.4. The summed E-state index contributed by atoms with van der Waals surface area (Å²) in [6.45, 7) is 4.09. The highest BCUT2D eigenvalue weighted by molar-refractivity contribution is 5.71. The van der Waals surface area contributed by atoms with Crippen LogP contribution in [-0.2, 0) is 9.84 Å². The van der Waals surface area contributed by atoms with E-state index in [1.807, 2.05) is 31.2 Å². The highest BCUT2D eigenvalue weighted by Crippen LogP contribution is 2.28. The molecule has 1 aromatic rings. The Bertz CT molecular complexity index is 516. The van der Waals surface area contributed by atoms with Crippen molar-refractivity contribution >= 4 is 5.70 Å². The number of azo groups is 1. The summed E-state index contributed by atoms with van der Waals surface area (Å²) >= 11 is 0. The lowest BCUT2D eigenvalue weighted by Gasteiger charge is -2.01. The molecule has 1 heterocycles. The van der Waals surface area contributed by atoms with E-state index < -0.39 is 5.95 Å². The quantitative estimate of drug-likeness (QED) is 0.732. The third-order valence-corrected chi connectivity index (χ3v) is 2.44. The van der Waals surface area contributed by atoms with E-state index in [4.69, 9.17) is 4.74 Å². The Hall–Kier alpha value is -2.10. The molecule has 0 saturated heterocycles. The van der Waals surface area contributed by atoms with E-state index in [-0.39, 0.29) is 5.70 Å². The van der Waals surface area contributed by atoms with Crippen molar-refractivity contribution in [2.45, 2.75) is 13.8 Å². The molecule has 0 aliphatic carbocycles. The largest absolute Gasteiger partial charge is 0.461 e. The molecule has 0 spiro atoms. The first-order chi connectivity index (χ1) is 8.22. The third kappa shape index (κ3) is 2.36. The minimum Gasteiger partial charge on any atom is -0.461 e. The summed E-state index contributed by atoms with van der Waals surface area (Å²) in [5.74, 6) is -0.431. The van der Waals surface area contributed by atoms with Crippen molar-refractivity contribution in [1.29, 1.82) is 0 Å². The summed E-state index contributed by atoms with van der Waals surface area (Å²) < 4.78 is 4.87. The molecule has 2 rings (SSSR count). The Morgan fingerprint density at radius 1 is 1.29 bits per heavy atom. The lowest BCUT2D eigenvalue weighted by molar-refractivity contribution is 0.0565. The van der Waals surface area contributed by atoms with Crippen LogP contribution in [0.15, 0.2) is 52.2 Å². The van der Waals surface area contributed by atoms with Crippen LogP contribution >= 0.6 is 0 Å². The zero-order valence-electron chi connectivity index (χ0n) is 9.80. The predicted octanol–water partition coefficient (Wildman–Crippen LogP) is 3.44. The number of nitrogens with zero attached hydrogens (tertiary/aromatic N) is 2. The molecule has 0 bridgehead atoms. The molecule has 0 atom stereocenters. The average molecular weight is 229 g/mol. The standard InChI is InChI=1S/C13H13N2O2/c1-3-17-13(16)12-8-11(14-15-12)10-7-5-4-6-9(10)2/h4-8H,3H2,1-2H3. The van der Waals surface area contributed by atoms with E-state index >= 15 is 0 Å². The molecule has 4 nitrogen and oxygen atoms in total. The topological polar surface area (TPSA) is 53.8 Å². The molecule has 0 fully saturated rings. The molecule has 87 valence electrons. The van der Waals surface area contributed by atoms with Crippen LogP contribution in [0.2, 0.25) is 0 Å². The molecule has 1 aliphatic rings. The Morgan fingerprint density at radius 3 is 2.76 bits per heavy atom. The van der Waals surface area contributed by atoms with Gasteiger partial charge in [0.2, 0.25) is 0 Å². The van der Waals surface area contributed by atoms with Crippen molar-refractivity contribution in [1.82, 2.24) is 0 Å². The van der Waals surface area contributed by atoms with Crippen LogP contribution in [0.4, 0.5) is 0 Å². The van der Waals surface area contributed by atoms with Crippen LogP contribution in [0, 0.1) is 6.92 Å². The van der Waals surface area contributed by atoms with Gasteiger partial charge in [-0.1, -0.05) is 24.3 Å². The van der Waals surface area contributed by atoms with E-state index in [0.29, 0.717) is 12.3 Å². The van der Waals surface area contributed by atoms with Crippen LogP contribution in [0.5, 0.6) is 0 Å². The molecular formula is C13H13N2O2. The second kappa shape index (κ2) is 4.82. The van der Waals surface area contributed by atoms with Gasteiger partial charge in [-0.05, 0) is 19.4 Å². The van der Waals surface area contributed by atoms with Crippen LogP contribution in [0.3, 0.4) is 0 Å². The van der Waals surface area contributed by atoms with Crippen molar-refractivity contribution in [3.63, 3.8) is 0 Å². The maximum absolute atomic E-state index is 11.4. The van der Waals surface area contributed by atoms with Crippen molar-refractivity contribution < 1.29 is 9.84 Å². The fraction of sp³-hybridized carbons (Fsp3) is 0.231. The molecule has 0 unspecified atom stereocenters. The van der Waals surface area contributed by atoms with E-state index in [9.17, 15) is 5.11 Å². The lowest BCUT2D eigenvalue weighted by Crippen LogP contribution is -1.90. The van der Waals surface area contributed by atoms with Gasteiger partial charge in [0, 0.05) is 11.6 Å². The van der Waals surface area contributed by atoms with Gasteiger partial charge in [0.1, 0.15) is 0 Å². The van der Waals surface area contributed by atoms with E-state index in [1.165, 1.54) is 0 Å². The second-order valence-electron chi connectivity index (χ2n) is 3.65. The van der Waals surface area contributed by atoms with Gasteiger partial charge in [0.25, 0.3) is 0 Å². The summed E-state index contributed by atoms with van der Waals surface area (Å²) in [5, 5.41) is 19.3. The fourth-order valence-electron chi connectivity index (χ4n) is 1.59. The second-order valence-corrected chi connectivity index (χ2v) is 3.65. The molecule has 0 N–H and O–H groups in total. The summed E-state index contributed by atoms with van der Waals surface area (Å²) in [6, 6.07) is 7.84. The van der Waals surface area contributed by atoms with Crippen LogP contribution < -0.4 is 0 Å². The predicted molar refractivity (Wildman–Crippen MR) is 63.4 cm³/mol. The minimum atomic E-state index is -0.431. The average Bonchev–Trinajstić information content (AvgIpc) is 2.79. The number of hydrogen-bond donors (Lipinski definition) is 0. The molecular weight excluding hydrogens is 216 g/mol. The number of aryl methyl sites for hydroxylation is 1. The van der Waals surface area contributed by atoms with Gasteiger partial charge in [0.15, 0.2) is 5.70 Å². The molecule has 1 radical (unpaired) electrons. The highest BCUT2D eigenvalue weighted by Gasteiger charge is 2.15. The number of rotatable bonds is 3. The SMILES string of the molecule is CCOC([O])=C1C=C(c2ccccc2C)N=N1.